The van der Waals surface area contributed by atoms with Gasteiger partial charge < -0.3 is 0 Å². The second kappa shape index (κ2) is 5.25. The largest absolute Gasteiger partial charge is 0.294 e. The first-order valence-electron chi connectivity index (χ1n) is 5.22. The zero-order valence-electron chi connectivity index (χ0n) is 9.56. The van der Waals surface area contributed by atoms with E-state index >= 15 is 0 Å². The number of carbonyl (C=O) groups is 1. The number of Topliss-reactive ketones (excluding diaryl/α,β-unsaturated/α-hetero) is 1. The van der Waals surface area contributed by atoms with Gasteiger partial charge in [-0.1, -0.05) is 31.2 Å². The number of rotatable bonds is 5. The highest BCUT2D eigenvalue weighted by Gasteiger charge is 2.09. The molecule has 0 saturated carbocycles. The van der Waals surface area contributed by atoms with Crippen LogP contribution in [0.1, 0.15) is 29.3 Å². The summed E-state index contributed by atoms with van der Waals surface area (Å²) < 4.78 is 21.8. The Hall–Kier alpha value is -1.16. The number of benzene rings is 1. The van der Waals surface area contributed by atoms with Gasteiger partial charge in [-0.05, 0) is 12.0 Å². The molecule has 0 spiro atoms. The van der Waals surface area contributed by atoms with Gasteiger partial charge in [0.05, 0.1) is 5.75 Å². The minimum absolute atomic E-state index is 0.0598. The van der Waals surface area contributed by atoms with Gasteiger partial charge in [-0.3, -0.25) is 4.79 Å². The third-order valence-corrected chi connectivity index (χ3v) is 3.33. The minimum Gasteiger partial charge on any atom is -0.294 e. The first-order valence-corrected chi connectivity index (χ1v) is 7.28. The van der Waals surface area contributed by atoms with Gasteiger partial charge in [0, 0.05) is 18.2 Å². The van der Waals surface area contributed by atoms with Crippen LogP contribution in [0.4, 0.5) is 0 Å². The lowest BCUT2D eigenvalue weighted by Crippen LogP contribution is -2.09. The van der Waals surface area contributed by atoms with Gasteiger partial charge in [0.25, 0.3) is 0 Å². The number of ketones is 1. The molecule has 0 saturated heterocycles. The molecule has 0 fully saturated rings. The van der Waals surface area contributed by atoms with Crippen molar-refractivity contribution < 1.29 is 13.2 Å². The third kappa shape index (κ3) is 4.14. The molecule has 16 heavy (non-hydrogen) atoms. The van der Waals surface area contributed by atoms with Crippen LogP contribution in [0, 0.1) is 0 Å². The average molecular weight is 240 g/mol. The van der Waals surface area contributed by atoms with Crippen molar-refractivity contribution in [2.24, 2.45) is 0 Å². The zero-order chi connectivity index (χ0) is 12.2. The van der Waals surface area contributed by atoms with E-state index in [1.54, 1.807) is 12.1 Å². The molecule has 0 unspecified atom stereocenters. The lowest BCUT2D eigenvalue weighted by Gasteiger charge is -2.01. The summed E-state index contributed by atoms with van der Waals surface area (Å²) in [5.41, 5.74) is 1.75. The standard InChI is InChI=1S/C12H16O3S/c1-3-10-4-6-11(7-5-10)12(13)8-9-16(2,14)15/h4-7H,3,8-9H2,1-2H3. The van der Waals surface area contributed by atoms with Crippen molar-refractivity contribution in [3.8, 4) is 0 Å². The topological polar surface area (TPSA) is 51.2 Å². The Morgan fingerprint density at radius 1 is 1.19 bits per heavy atom. The van der Waals surface area contributed by atoms with Gasteiger partial charge in [0.15, 0.2) is 5.78 Å². The first kappa shape index (κ1) is 12.9. The second-order valence-corrected chi connectivity index (χ2v) is 6.11. The summed E-state index contributed by atoms with van der Waals surface area (Å²) in [4.78, 5) is 11.6. The van der Waals surface area contributed by atoms with Gasteiger partial charge in [-0.25, -0.2) is 8.42 Å². The van der Waals surface area contributed by atoms with Crippen LogP contribution in [0.2, 0.25) is 0 Å². The maximum Gasteiger partial charge on any atom is 0.163 e. The van der Waals surface area contributed by atoms with Crippen LogP contribution in [-0.4, -0.2) is 26.2 Å². The van der Waals surface area contributed by atoms with Crippen molar-refractivity contribution in [1.29, 1.82) is 0 Å². The second-order valence-electron chi connectivity index (χ2n) is 3.85. The molecule has 0 aliphatic rings. The minimum atomic E-state index is -3.06. The van der Waals surface area contributed by atoms with E-state index in [0.717, 1.165) is 12.7 Å². The SMILES string of the molecule is CCc1ccc(C(=O)CCS(C)(=O)=O)cc1. The number of hydrogen-bond donors (Lipinski definition) is 0. The van der Waals surface area contributed by atoms with E-state index in [0.29, 0.717) is 5.56 Å². The first-order chi connectivity index (χ1) is 7.42. The molecule has 0 heterocycles. The Morgan fingerprint density at radius 3 is 2.19 bits per heavy atom. The fourth-order valence-corrected chi connectivity index (χ4v) is 1.90. The molecule has 0 amide bonds. The number of carbonyl (C=O) groups excluding carboxylic acids is 1. The van der Waals surface area contributed by atoms with Crippen LogP contribution in [-0.2, 0) is 16.3 Å². The summed E-state index contributed by atoms with van der Waals surface area (Å²) in [6.45, 7) is 2.04. The van der Waals surface area contributed by atoms with Crippen molar-refractivity contribution in [3.05, 3.63) is 35.4 Å². The normalized spacial score (nSPS) is 11.4. The predicted octanol–water partition coefficient (Wildman–Crippen LogP) is 1.87. The summed E-state index contributed by atoms with van der Waals surface area (Å²) >= 11 is 0. The van der Waals surface area contributed by atoms with Gasteiger partial charge in [0.2, 0.25) is 0 Å². The Balaban J connectivity index is 2.66. The van der Waals surface area contributed by atoms with Gasteiger partial charge in [0.1, 0.15) is 9.84 Å². The monoisotopic (exact) mass is 240 g/mol. The Bertz CT molecular complexity index is 458. The maximum absolute atomic E-state index is 11.6. The van der Waals surface area contributed by atoms with Crippen LogP contribution in [0.5, 0.6) is 0 Å². The van der Waals surface area contributed by atoms with E-state index in [4.69, 9.17) is 0 Å². The van der Waals surface area contributed by atoms with E-state index in [-0.39, 0.29) is 18.0 Å². The Kier molecular flexibility index (Phi) is 4.24. The highest BCUT2D eigenvalue weighted by Crippen LogP contribution is 2.08. The molecule has 0 atom stereocenters. The molecule has 0 aliphatic carbocycles. The molecular formula is C12H16O3S. The zero-order valence-corrected chi connectivity index (χ0v) is 10.4. The summed E-state index contributed by atoms with van der Waals surface area (Å²) in [6.07, 6.45) is 2.13. The number of hydrogen-bond acceptors (Lipinski definition) is 3. The summed E-state index contributed by atoms with van der Waals surface area (Å²) in [5, 5.41) is 0. The van der Waals surface area contributed by atoms with Gasteiger partial charge >= 0.3 is 0 Å². The fraction of sp³-hybridized carbons (Fsp3) is 0.417. The number of aryl methyl sites for hydroxylation is 1. The third-order valence-electron chi connectivity index (χ3n) is 2.38. The van der Waals surface area contributed by atoms with Crippen molar-refractivity contribution in [1.82, 2.24) is 0 Å². The molecule has 0 radical (unpaired) electrons. The molecule has 1 aromatic rings. The summed E-state index contributed by atoms with van der Waals surface area (Å²) in [5.74, 6) is -0.200. The molecule has 0 aliphatic heterocycles. The molecule has 4 heteroatoms. The van der Waals surface area contributed by atoms with Crippen LogP contribution in [0.25, 0.3) is 0 Å². The van der Waals surface area contributed by atoms with Gasteiger partial charge in [-0.2, -0.15) is 0 Å². The molecule has 1 aromatic carbocycles. The highest BCUT2D eigenvalue weighted by atomic mass is 32.2. The lowest BCUT2D eigenvalue weighted by atomic mass is 10.1. The maximum atomic E-state index is 11.6. The Labute approximate surface area is 96.4 Å². The molecule has 1 rings (SSSR count). The molecule has 0 aromatic heterocycles. The van der Waals surface area contributed by atoms with E-state index in [1.165, 1.54) is 5.56 Å². The summed E-state index contributed by atoms with van der Waals surface area (Å²) in [7, 11) is -3.06. The predicted molar refractivity (Wildman–Crippen MR) is 64.5 cm³/mol. The molecule has 3 nitrogen and oxygen atoms in total. The van der Waals surface area contributed by atoms with E-state index in [2.05, 4.69) is 0 Å². The van der Waals surface area contributed by atoms with Crippen molar-refractivity contribution in [3.63, 3.8) is 0 Å². The summed E-state index contributed by atoms with van der Waals surface area (Å²) in [6, 6.07) is 7.30. The number of sulfone groups is 1. The van der Waals surface area contributed by atoms with Crippen LogP contribution in [0.3, 0.4) is 0 Å². The lowest BCUT2D eigenvalue weighted by molar-refractivity contribution is 0.0989. The molecule has 0 bridgehead atoms. The van der Waals surface area contributed by atoms with Crippen LogP contribution < -0.4 is 0 Å². The van der Waals surface area contributed by atoms with E-state index in [9.17, 15) is 13.2 Å². The Morgan fingerprint density at radius 2 is 1.75 bits per heavy atom. The molecule has 88 valence electrons. The van der Waals surface area contributed by atoms with Crippen LogP contribution in [0.15, 0.2) is 24.3 Å². The molecular weight excluding hydrogens is 224 g/mol. The van der Waals surface area contributed by atoms with Crippen molar-refractivity contribution in [2.45, 2.75) is 19.8 Å². The quantitative estimate of drug-likeness (QED) is 0.738. The van der Waals surface area contributed by atoms with Crippen molar-refractivity contribution >= 4 is 15.6 Å². The van der Waals surface area contributed by atoms with Crippen molar-refractivity contribution in [2.75, 3.05) is 12.0 Å². The molecule has 0 N–H and O–H groups in total. The van der Waals surface area contributed by atoms with E-state index < -0.39 is 9.84 Å². The average Bonchev–Trinajstić information content (AvgIpc) is 2.25. The van der Waals surface area contributed by atoms with Crippen LogP contribution >= 0.6 is 0 Å². The van der Waals surface area contributed by atoms with E-state index in [1.807, 2.05) is 19.1 Å². The smallest absolute Gasteiger partial charge is 0.163 e. The van der Waals surface area contributed by atoms with Gasteiger partial charge in [-0.15, -0.1) is 0 Å². The fourth-order valence-electron chi connectivity index (χ4n) is 1.35. The highest BCUT2D eigenvalue weighted by molar-refractivity contribution is 7.90.